The Morgan fingerprint density at radius 2 is 1.97 bits per heavy atom. The largest absolute Gasteiger partial charge is 0.481 e. The minimum Gasteiger partial charge on any atom is -0.481 e. The van der Waals surface area contributed by atoms with E-state index in [0.29, 0.717) is 18.0 Å². The molecule has 1 saturated heterocycles. The molecule has 0 amide bonds. The lowest BCUT2D eigenvalue weighted by atomic mass is 9.92. The Bertz CT molecular complexity index is 664. The number of rotatable bonds is 9. The molecule has 0 bridgehead atoms. The van der Waals surface area contributed by atoms with Crippen LogP contribution in [0.15, 0.2) is 18.2 Å². The van der Waals surface area contributed by atoms with E-state index in [9.17, 15) is 9.90 Å². The lowest BCUT2D eigenvalue weighted by Crippen LogP contribution is -2.40. The van der Waals surface area contributed by atoms with Crippen LogP contribution < -0.4 is 15.5 Å². The Labute approximate surface area is 176 Å². The number of hydrogen-bond donors (Lipinski definition) is 3. The molecule has 2 aliphatic rings. The number of carboxylic acid groups (broad SMARTS) is 1. The van der Waals surface area contributed by atoms with E-state index in [2.05, 4.69) is 47.6 Å². The third-order valence-electron chi connectivity index (χ3n) is 6.38. The van der Waals surface area contributed by atoms with Gasteiger partial charge in [-0.1, -0.05) is 46.1 Å². The van der Waals surface area contributed by atoms with Crippen LogP contribution in [0.4, 0.5) is 11.4 Å². The highest BCUT2D eigenvalue weighted by Crippen LogP contribution is 2.36. The van der Waals surface area contributed by atoms with E-state index < -0.39 is 5.97 Å². The molecule has 2 unspecified atom stereocenters. The smallest absolute Gasteiger partial charge is 0.303 e. The quantitative estimate of drug-likeness (QED) is 0.553. The lowest BCUT2D eigenvalue weighted by Gasteiger charge is -2.39. The van der Waals surface area contributed by atoms with Crippen molar-refractivity contribution in [2.45, 2.75) is 83.7 Å². The monoisotopic (exact) mass is 401 g/mol. The van der Waals surface area contributed by atoms with Gasteiger partial charge in [0.25, 0.3) is 0 Å². The maximum atomic E-state index is 11.2. The maximum absolute atomic E-state index is 11.2. The van der Waals surface area contributed by atoms with Crippen LogP contribution in [-0.4, -0.2) is 42.8 Å². The van der Waals surface area contributed by atoms with Gasteiger partial charge in [0.15, 0.2) is 0 Å². The Kier molecular flexibility index (Phi) is 7.82. The SMILES string of the molecule is CC(C)CN(c1ccc(C(C)CC(=O)O)cc1NC1CCNC1)C1CCCCC1. The molecule has 2 atom stereocenters. The van der Waals surface area contributed by atoms with E-state index in [-0.39, 0.29) is 12.3 Å². The van der Waals surface area contributed by atoms with Crippen LogP contribution in [0.1, 0.15) is 77.2 Å². The molecule has 162 valence electrons. The van der Waals surface area contributed by atoms with Gasteiger partial charge in [0, 0.05) is 25.2 Å². The molecule has 3 N–H and O–H groups in total. The molecule has 2 fully saturated rings. The molecule has 0 spiro atoms. The third-order valence-corrected chi connectivity index (χ3v) is 6.38. The molecule has 3 rings (SSSR count). The lowest BCUT2D eigenvalue weighted by molar-refractivity contribution is -0.137. The van der Waals surface area contributed by atoms with E-state index in [1.54, 1.807) is 0 Å². The molecule has 0 radical (unpaired) electrons. The molecule has 1 aromatic carbocycles. The van der Waals surface area contributed by atoms with Crippen LogP contribution in [0.5, 0.6) is 0 Å². The van der Waals surface area contributed by atoms with Crippen molar-refractivity contribution in [3.05, 3.63) is 23.8 Å². The summed E-state index contributed by atoms with van der Waals surface area (Å²) >= 11 is 0. The first kappa shape index (κ1) is 21.9. The van der Waals surface area contributed by atoms with Crippen molar-refractivity contribution >= 4 is 17.3 Å². The summed E-state index contributed by atoms with van der Waals surface area (Å²) in [6.07, 6.45) is 7.84. The van der Waals surface area contributed by atoms with Crippen molar-refractivity contribution < 1.29 is 9.90 Å². The second-order valence-electron chi connectivity index (χ2n) is 9.45. The minimum absolute atomic E-state index is 0.0111. The number of hydrogen-bond acceptors (Lipinski definition) is 4. The number of anilines is 2. The van der Waals surface area contributed by atoms with Gasteiger partial charge in [-0.15, -0.1) is 0 Å². The number of nitrogens with one attached hydrogen (secondary N) is 2. The second-order valence-corrected chi connectivity index (χ2v) is 9.45. The van der Waals surface area contributed by atoms with Crippen molar-refractivity contribution in [3.8, 4) is 0 Å². The fourth-order valence-electron chi connectivity index (χ4n) is 4.83. The highest BCUT2D eigenvalue weighted by atomic mass is 16.4. The van der Waals surface area contributed by atoms with E-state index in [1.807, 2.05) is 6.92 Å². The van der Waals surface area contributed by atoms with Gasteiger partial charge in [0.1, 0.15) is 0 Å². The average molecular weight is 402 g/mol. The summed E-state index contributed by atoms with van der Waals surface area (Å²) in [4.78, 5) is 13.9. The fourth-order valence-corrected chi connectivity index (χ4v) is 4.83. The van der Waals surface area contributed by atoms with Gasteiger partial charge in [-0.05, 0) is 55.3 Å². The summed E-state index contributed by atoms with van der Waals surface area (Å²) in [5.41, 5.74) is 3.58. The number of carbonyl (C=O) groups is 1. The normalized spacial score (nSPS) is 21.3. The molecule has 1 heterocycles. The molecule has 1 aromatic rings. The molecule has 1 aliphatic heterocycles. The van der Waals surface area contributed by atoms with Gasteiger partial charge in [-0.2, -0.15) is 0 Å². The van der Waals surface area contributed by atoms with Crippen molar-refractivity contribution in [3.63, 3.8) is 0 Å². The fraction of sp³-hybridized carbons (Fsp3) is 0.708. The highest BCUT2D eigenvalue weighted by Gasteiger charge is 2.26. The van der Waals surface area contributed by atoms with Gasteiger partial charge < -0.3 is 20.6 Å². The topological polar surface area (TPSA) is 64.6 Å². The van der Waals surface area contributed by atoms with Crippen LogP contribution >= 0.6 is 0 Å². The predicted molar refractivity (Wildman–Crippen MR) is 121 cm³/mol. The highest BCUT2D eigenvalue weighted by molar-refractivity contribution is 5.73. The summed E-state index contributed by atoms with van der Waals surface area (Å²) in [6.45, 7) is 9.71. The number of aliphatic carboxylic acids is 1. The first-order valence-corrected chi connectivity index (χ1v) is 11.5. The van der Waals surface area contributed by atoms with Gasteiger partial charge in [-0.25, -0.2) is 0 Å². The molecule has 1 aliphatic carbocycles. The molecule has 29 heavy (non-hydrogen) atoms. The molecular formula is C24H39N3O2. The van der Waals surface area contributed by atoms with E-state index in [4.69, 9.17) is 0 Å². The number of carboxylic acids is 1. The summed E-state index contributed by atoms with van der Waals surface area (Å²) in [7, 11) is 0. The molecule has 0 aromatic heterocycles. The zero-order valence-electron chi connectivity index (χ0n) is 18.4. The van der Waals surface area contributed by atoms with E-state index in [0.717, 1.165) is 31.6 Å². The standard InChI is InChI=1S/C24H39N3O2/c1-17(2)16-27(21-7-5-4-6-8-21)23-10-9-19(18(3)13-24(28)29)14-22(23)26-20-11-12-25-15-20/h9-10,14,17-18,20-21,25-26H,4-8,11-13,15-16H2,1-3H3,(H,28,29). The summed E-state index contributed by atoms with van der Waals surface area (Å²) < 4.78 is 0. The predicted octanol–water partition coefficient (Wildman–Crippen LogP) is 4.83. The van der Waals surface area contributed by atoms with E-state index in [1.165, 1.54) is 43.5 Å². The molecule has 1 saturated carbocycles. The Hall–Kier alpha value is -1.75. The molecular weight excluding hydrogens is 362 g/mol. The van der Waals surface area contributed by atoms with E-state index >= 15 is 0 Å². The van der Waals surface area contributed by atoms with Crippen LogP contribution in [0.25, 0.3) is 0 Å². The van der Waals surface area contributed by atoms with Crippen molar-refractivity contribution in [1.82, 2.24) is 5.32 Å². The maximum Gasteiger partial charge on any atom is 0.303 e. The number of benzene rings is 1. The average Bonchev–Trinajstić information content (AvgIpc) is 3.19. The Morgan fingerprint density at radius 1 is 1.21 bits per heavy atom. The van der Waals surface area contributed by atoms with Crippen molar-refractivity contribution in [2.24, 2.45) is 5.92 Å². The van der Waals surface area contributed by atoms with Crippen LogP contribution in [-0.2, 0) is 4.79 Å². The first-order chi connectivity index (χ1) is 13.9. The molecule has 5 nitrogen and oxygen atoms in total. The van der Waals surface area contributed by atoms with Crippen LogP contribution in [0.2, 0.25) is 0 Å². The van der Waals surface area contributed by atoms with Gasteiger partial charge in [0.05, 0.1) is 17.8 Å². The van der Waals surface area contributed by atoms with Crippen molar-refractivity contribution in [2.75, 3.05) is 29.9 Å². The third kappa shape index (κ3) is 6.11. The van der Waals surface area contributed by atoms with Crippen LogP contribution in [0.3, 0.4) is 0 Å². The second kappa shape index (κ2) is 10.3. The summed E-state index contributed by atoms with van der Waals surface area (Å²) in [5.74, 6) is -0.125. The van der Waals surface area contributed by atoms with Crippen LogP contribution in [0, 0.1) is 5.92 Å². The minimum atomic E-state index is -0.736. The molecule has 5 heteroatoms. The summed E-state index contributed by atoms with van der Waals surface area (Å²) in [5, 5.41) is 16.5. The van der Waals surface area contributed by atoms with Gasteiger partial charge >= 0.3 is 5.97 Å². The van der Waals surface area contributed by atoms with Gasteiger partial charge in [0.2, 0.25) is 0 Å². The Morgan fingerprint density at radius 3 is 2.59 bits per heavy atom. The number of nitrogens with zero attached hydrogens (tertiary/aromatic N) is 1. The Balaban J connectivity index is 1.92. The first-order valence-electron chi connectivity index (χ1n) is 11.5. The summed E-state index contributed by atoms with van der Waals surface area (Å²) in [6, 6.07) is 7.66. The zero-order valence-corrected chi connectivity index (χ0v) is 18.4. The van der Waals surface area contributed by atoms with Crippen molar-refractivity contribution in [1.29, 1.82) is 0 Å². The zero-order chi connectivity index (χ0) is 20.8. The van der Waals surface area contributed by atoms with Gasteiger partial charge in [-0.3, -0.25) is 4.79 Å².